The molecule has 0 saturated heterocycles. The van der Waals surface area contributed by atoms with Gasteiger partial charge in [0.2, 0.25) is 10.0 Å². The fourth-order valence-electron chi connectivity index (χ4n) is 1.62. The number of carboxylic acids is 1. The minimum absolute atomic E-state index is 0.0569. The van der Waals surface area contributed by atoms with Crippen LogP contribution in [-0.2, 0) is 16.6 Å². The Morgan fingerprint density at radius 1 is 1.23 bits per heavy atom. The van der Waals surface area contributed by atoms with Crippen LogP contribution in [0.1, 0.15) is 16.2 Å². The van der Waals surface area contributed by atoms with Gasteiger partial charge in [-0.2, -0.15) is 4.31 Å². The van der Waals surface area contributed by atoms with Gasteiger partial charge >= 0.3 is 5.97 Å². The van der Waals surface area contributed by atoms with Gasteiger partial charge in [0.1, 0.15) is 11.6 Å². The standard InChI is InChI=1S/C13H12FN3O4S/c1-17(8-12-15-6-9(7-16-12)13(18)19)22(20,21)11-4-2-10(14)3-5-11/h2-7H,8H2,1H3,(H,18,19). The van der Waals surface area contributed by atoms with Crippen molar-refractivity contribution in [3.05, 3.63) is 53.9 Å². The third kappa shape index (κ3) is 3.43. The van der Waals surface area contributed by atoms with E-state index in [1.54, 1.807) is 0 Å². The number of sulfonamides is 1. The van der Waals surface area contributed by atoms with Crippen molar-refractivity contribution in [3.63, 3.8) is 0 Å². The molecular formula is C13H12FN3O4S. The number of rotatable bonds is 5. The van der Waals surface area contributed by atoms with Crippen molar-refractivity contribution >= 4 is 16.0 Å². The fourth-order valence-corrected chi connectivity index (χ4v) is 2.74. The highest BCUT2D eigenvalue weighted by molar-refractivity contribution is 7.89. The lowest BCUT2D eigenvalue weighted by atomic mass is 10.3. The van der Waals surface area contributed by atoms with Crippen LogP contribution < -0.4 is 0 Å². The quantitative estimate of drug-likeness (QED) is 0.884. The molecule has 0 spiro atoms. The van der Waals surface area contributed by atoms with Gasteiger partial charge in [0, 0.05) is 19.4 Å². The van der Waals surface area contributed by atoms with Gasteiger partial charge in [-0.15, -0.1) is 0 Å². The molecule has 0 aliphatic rings. The van der Waals surface area contributed by atoms with Crippen LogP contribution in [0.3, 0.4) is 0 Å². The van der Waals surface area contributed by atoms with Crippen molar-refractivity contribution in [2.24, 2.45) is 0 Å². The van der Waals surface area contributed by atoms with E-state index in [1.807, 2.05) is 0 Å². The molecule has 1 aromatic heterocycles. The molecule has 0 amide bonds. The first kappa shape index (κ1) is 16.0. The Labute approximate surface area is 126 Å². The average Bonchev–Trinajstić information content (AvgIpc) is 2.48. The van der Waals surface area contributed by atoms with Crippen LogP contribution in [0.4, 0.5) is 4.39 Å². The predicted molar refractivity (Wildman–Crippen MR) is 74.0 cm³/mol. The van der Waals surface area contributed by atoms with Gasteiger partial charge in [-0.3, -0.25) is 0 Å². The number of carbonyl (C=O) groups is 1. The molecule has 9 heteroatoms. The summed E-state index contributed by atoms with van der Waals surface area (Å²) in [5, 5.41) is 8.74. The van der Waals surface area contributed by atoms with Crippen LogP contribution in [0.5, 0.6) is 0 Å². The van der Waals surface area contributed by atoms with Crippen molar-refractivity contribution in [2.75, 3.05) is 7.05 Å². The van der Waals surface area contributed by atoms with E-state index in [0.717, 1.165) is 41.0 Å². The fraction of sp³-hybridized carbons (Fsp3) is 0.154. The van der Waals surface area contributed by atoms with E-state index in [4.69, 9.17) is 5.11 Å². The number of hydrogen-bond donors (Lipinski definition) is 1. The van der Waals surface area contributed by atoms with Crippen LogP contribution in [0.15, 0.2) is 41.6 Å². The van der Waals surface area contributed by atoms with E-state index in [1.165, 1.54) is 7.05 Å². The Bertz CT molecular complexity index is 776. The Hall–Kier alpha value is -2.39. The van der Waals surface area contributed by atoms with E-state index in [-0.39, 0.29) is 22.8 Å². The lowest BCUT2D eigenvalue weighted by Gasteiger charge is -2.16. The van der Waals surface area contributed by atoms with Gasteiger partial charge < -0.3 is 5.11 Å². The third-order valence-corrected chi connectivity index (χ3v) is 4.66. The molecule has 0 atom stereocenters. The lowest BCUT2D eigenvalue weighted by Crippen LogP contribution is -2.27. The van der Waals surface area contributed by atoms with Crippen LogP contribution in [0, 0.1) is 5.82 Å². The molecule has 0 fully saturated rings. The number of carboxylic acid groups (broad SMARTS) is 1. The summed E-state index contributed by atoms with van der Waals surface area (Å²) in [6.07, 6.45) is 2.20. The first-order valence-electron chi connectivity index (χ1n) is 6.07. The summed E-state index contributed by atoms with van der Waals surface area (Å²) < 4.78 is 38.4. The minimum atomic E-state index is -3.81. The zero-order valence-electron chi connectivity index (χ0n) is 11.5. The summed E-state index contributed by atoms with van der Waals surface area (Å²) in [5.41, 5.74) is -0.0900. The Morgan fingerprint density at radius 3 is 2.27 bits per heavy atom. The maximum atomic E-state index is 12.8. The molecule has 2 rings (SSSR count). The number of benzene rings is 1. The molecule has 0 unspecified atom stereocenters. The van der Waals surface area contributed by atoms with Crippen LogP contribution in [0.25, 0.3) is 0 Å². The SMILES string of the molecule is CN(Cc1ncc(C(=O)O)cn1)S(=O)(=O)c1ccc(F)cc1. The molecule has 22 heavy (non-hydrogen) atoms. The zero-order valence-corrected chi connectivity index (χ0v) is 12.3. The number of nitrogens with zero attached hydrogens (tertiary/aromatic N) is 3. The molecule has 2 aromatic rings. The molecule has 7 nitrogen and oxygen atoms in total. The van der Waals surface area contributed by atoms with Crippen LogP contribution in [0.2, 0.25) is 0 Å². The second-order valence-corrected chi connectivity index (χ2v) is 6.45. The summed E-state index contributed by atoms with van der Waals surface area (Å²) in [4.78, 5) is 18.2. The molecule has 1 aromatic carbocycles. The van der Waals surface area contributed by atoms with Crippen LogP contribution >= 0.6 is 0 Å². The van der Waals surface area contributed by atoms with E-state index in [0.29, 0.717) is 0 Å². The second kappa shape index (κ2) is 6.16. The highest BCUT2D eigenvalue weighted by Crippen LogP contribution is 2.16. The number of aromatic carboxylic acids is 1. The smallest absolute Gasteiger partial charge is 0.338 e. The summed E-state index contributed by atoms with van der Waals surface area (Å²) in [7, 11) is -2.48. The van der Waals surface area contributed by atoms with Crippen molar-refractivity contribution in [2.45, 2.75) is 11.4 Å². The molecule has 0 aliphatic carbocycles. The Morgan fingerprint density at radius 2 is 1.77 bits per heavy atom. The van der Waals surface area contributed by atoms with E-state index >= 15 is 0 Å². The molecule has 1 heterocycles. The number of halogens is 1. The van der Waals surface area contributed by atoms with E-state index < -0.39 is 21.8 Å². The minimum Gasteiger partial charge on any atom is -0.478 e. The Kier molecular flexibility index (Phi) is 4.48. The van der Waals surface area contributed by atoms with Crippen LogP contribution in [-0.4, -0.2) is 40.8 Å². The van der Waals surface area contributed by atoms with Gasteiger partial charge in [0.25, 0.3) is 0 Å². The first-order valence-corrected chi connectivity index (χ1v) is 7.51. The van der Waals surface area contributed by atoms with E-state index in [9.17, 15) is 17.6 Å². The van der Waals surface area contributed by atoms with Gasteiger partial charge in [-0.05, 0) is 24.3 Å². The lowest BCUT2D eigenvalue weighted by molar-refractivity contribution is 0.0696. The molecule has 1 N–H and O–H groups in total. The topological polar surface area (TPSA) is 100 Å². The van der Waals surface area contributed by atoms with Gasteiger partial charge in [0.05, 0.1) is 17.0 Å². The highest BCUT2D eigenvalue weighted by atomic mass is 32.2. The number of aromatic nitrogens is 2. The summed E-state index contributed by atoms with van der Waals surface area (Å²) in [6.45, 7) is -0.139. The third-order valence-electron chi connectivity index (χ3n) is 2.84. The molecular weight excluding hydrogens is 313 g/mol. The zero-order chi connectivity index (χ0) is 16.3. The molecule has 0 bridgehead atoms. The first-order chi connectivity index (χ1) is 10.3. The molecule has 0 radical (unpaired) electrons. The second-order valence-electron chi connectivity index (χ2n) is 4.41. The molecule has 116 valence electrons. The Balaban J connectivity index is 2.18. The highest BCUT2D eigenvalue weighted by Gasteiger charge is 2.21. The summed E-state index contributed by atoms with van der Waals surface area (Å²) in [6, 6.07) is 4.43. The largest absolute Gasteiger partial charge is 0.478 e. The van der Waals surface area contributed by atoms with Crippen molar-refractivity contribution in [1.82, 2.24) is 14.3 Å². The predicted octanol–water partition coefficient (Wildman–Crippen LogP) is 1.13. The van der Waals surface area contributed by atoms with Gasteiger partial charge in [-0.1, -0.05) is 0 Å². The normalized spacial score (nSPS) is 11.6. The van der Waals surface area contributed by atoms with Crippen molar-refractivity contribution in [3.8, 4) is 0 Å². The van der Waals surface area contributed by atoms with Gasteiger partial charge in [0.15, 0.2) is 0 Å². The maximum absolute atomic E-state index is 12.8. The maximum Gasteiger partial charge on any atom is 0.338 e. The van der Waals surface area contributed by atoms with Crippen molar-refractivity contribution in [1.29, 1.82) is 0 Å². The number of hydrogen-bond acceptors (Lipinski definition) is 5. The molecule has 0 aliphatic heterocycles. The summed E-state index contributed by atoms with van der Waals surface area (Å²) >= 11 is 0. The van der Waals surface area contributed by atoms with Gasteiger partial charge in [-0.25, -0.2) is 27.6 Å². The monoisotopic (exact) mass is 325 g/mol. The van der Waals surface area contributed by atoms with E-state index in [2.05, 4.69) is 9.97 Å². The summed E-state index contributed by atoms with van der Waals surface area (Å²) in [5.74, 6) is -1.55. The molecule has 0 saturated carbocycles. The average molecular weight is 325 g/mol. The van der Waals surface area contributed by atoms with Crippen molar-refractivity contribution < 1.29 is 22.7 Å².